The minimum Gasteiger partial charge on any atom is -0.481 e. The SMILES string of the molecule is CCC([C@H](C)C(C)(C)O)N1C(=O)[C@@](C)(CC(=O)O)C[C@H](c2cccc(Cl)c2)[C@H]1c1ccc(Cl)cc1. The number of aliphatic hydroxyl groups is 1. The van der Waals surface area contributed by atoms with Gasteiger partial charge < -0.3 is 15.1 Å². The minimum absolute atomic E-state index is 0.207. The van der Waals surface area contributed by atoms with Gasteiger partial charge in [0.05, 0.1) is 23.5 Å². The van der Waals surface area contributed by atoms with Gasteiger partial charge in [-0.2, -0.15) is 0 Å². The van der Waals surface area contributed by atoms with E-state index in [9.17, 15) is 19.8 Å². The summed E-state index contributed by atoms with van der Waals surface area (Å²) in [4.78, 5) is 28.0. The molecule has 2 N–H and O–H groups in total. The molecule has 5 nitrogen and oxygen atoms in total. The Kier molecular flexibility index (Phi) is 8.25. The van der Waals surface area contributed by atoms with Crippen molar-refractivity contribution in [2.75, 3.05) is 0 Å². The standard InChI is InChI=1S/C28H35Cl2NO4/c1-6-23(17(2)27(3,4)35)31-25(18-10-12-20(29)13-11-18)22(19-8-7-9-21(30)14-19)15-28(5,26(31)34)16-24(32)33/h7-14,17,22-23,25,35H,6,15-16H2,1-5H3,(H,32,33)/t17-,22+,23?,25+,28+/m0/s1. The van der Waals surface area contributed by atoms with Gasteiger partial charge in [-0.15, -0.1) is 0 Å². The van der Waals surface area contributed by atoms with E-state index in [2.05, 4.69) is 0 Å². The minimum atomic E-state index is -1.12. The Morgan fingerprint density at radius 1 is 1.14 bits per heavy atom. The van der Waals surface area contributed by atoms with E-state index in [0.717, 1.165) is 11.1 Å². The predicted molar refractivity (Wildman–Crippen MR) is 140 cm³/mol. The first-order valence-electron chi connectivity index (χ1n) is 12.1. The lowest BCUT2D eigenvalue weighted by Gasteiger charge is -2.54. The number of halogens is 2. The summed E-state index contributed by atoms with van der Waals surface area (Å²) in [5.41, 5.74) is -0.310. The average Bonchev–Trinajstić information content (AvgIpc) is 2.76. The van der Waals surface area contributed by atoms with Crippen molar-refractivity contribution in [3.8, 4) is 0 Å². The Bertz CT molecular complexity index is 1070. The van der Waals surface area contributed by atoms with Crippen LogP contribution in [-0.4, -0.2) is 38.6 Å². The van der Waals surface area contributed by atoms with Crippen LogP contribution in [0.4, 0.5) is 0 Å². The fourth-order valence-corrected chi connectivity index (χ4v) is 5.83. The predicted octanol–water partition coefficient (Wildman–Crippen LogP) is 6.72. The molecule has 1 saturated heterocycles. The highest BCUT2D eigenvalue weighted by molar-refractivity contribution is 6.30. The zero-order chi connectivity index (χ0) is 26.1. The molecular weight excluding hydrogens is 485 g/mol. The van der Waals surface area contributed by atoms with E-state index in [0.29, 0.717) is 22.9 Å². The van der Waals surface area contributed by atoms with Crippen LogP contribution in [0.25, 0.3) is 0 Å². The van der Waals surface area contributed by atoms with E-state index in [4.69, 9.17) is 23.2 Å². The van der Waals surface area contributed by atoms with Gasteiger partial charge in [0.2, 0.25) is 5.91 Å². The maximum absolute atomic E-state index is 14.2. The van der Waals surface area contributed by atoms with Crippen molar-refractivity contribution in [2.24, 2.45) is 11.3 Å². The first-order valence-corrected chi connectivity index (χ1v) is 12.8. The van der Waals surface area contributed by atoms with Gasteiger partial charge in [-0.1, -0.05) is 68.2 Å². The number of rotatable bonds is 8. The average molecular weight is 520 g/mol. The van der Waals surface area contributed by atoms with Crippen LogP contribution in [-0.2, 0) is 9.59 Å². The number of benzene rings is 2. The van der Waals surface area contributed by atoms with Crippen LogP contribution in [0.3, 0.4) is 0 Å². The normalized spacial score (nSPS) is 24.8. The first kappa shape index (κ1) is 27.5. The summed E-state index contributed by atoms with van der Waals surface area (Å²) in [6.07, 6.45) is 0.683. The molecule has 190 valence electrons. The first-order chi connectivity index (χ1) is 16.3. The fourth-order valence-electron chi connectivity index (χ4n) is 5.51. The van der Waals surface area contributed by atoms with Crippen LogP contribution < -0.4 is 0 Å². The zero-order valence-electron chi connectivity index (χ0n) is 21.0. The van der Waals surface area contributed by atoms with Gasteiger partial charge in [0, 0.05) is 27.9 Å². The Balaban J connectivity index is 2.28. The molecule has 0 aliphatic carbocycles. The third kappa shape index (κ3) is 5.84. The molecule has 1 unspecified atom stereocenters. The quantitative estimate of drug-likeness (QED) is 0.405. The third-order valence-corrected chi connectivity index (χ3v) is 8.09. The number of piperidine rings is 1. The second kappa shape index (κ2) is 10.5. The summed E-state index contributed by atoms with van der Waals surface area (Å²) >= 11 is 12.6. The number of likely N-dealkylation sites (tertiary alicyclic amines) is 1. The smallest absolute Gasteiger partial charge is 0.304 e. The number of amides is 1. The topological polar surface area (TPSA) is 77.8 Å². The van der Waals surface area contributed by atoms with Crippen LogP contribution in [0.2, 0.25) is 10.0 Å². The van der Waals surface area contributed by atoms with Gasteiger partial charge in [0.1, 0.15) is 0 Å². The molecule has 7 heteroatoms. The molecule has 1 fully saturated rings. The molecule has 2 aromatic carbocycles. The van der Waals surface area contributed by atoms with E-state index in [1.807, 2.05) is 49.1 Å². The highest BCUT2D eigenvalue weighted by atomic mass is 35.5. The van der Waals surface area contributed by atoms with E-state index < -0.39 is 17.0 Å². The number of aliphatic carboxylic acids is 1. The Labute approximate surface area is 218 Å². The highest BCUT2D eigenvalue weighted by Gasteiger charge is 2.53. The Morgan fingerprint density at radius 3 is 2.29 bits per heavy atom. The summed E-state index contributed by atoms with van der Waals surface area (Å²) in [5, 5.41) is 21.8. The summed E-state index contributed by atoms with van der Waals surface area (Å²) in [7, 11) is 0. The van der Waals surface area contributed by atoms with E-state index in [-0.39, 0.29) is 36.2 Å². The van der Waals surface area contributed by atoms with Gasteiger partial charge in [0.15, 0.2) is 0 Å². The van der Waals surface area contributed by atoms with Crippen molar-refractivity contribution < 1.29 is 19.8 Å². The van der Waals surface area contributed by atoms with Crippen LogP contribution in [0.15, 0.2) is 48.5 Å². The second-order valence-corrected chi connectivity index (χ2v) is 11.5. The van der Waals surface area contributed by atoms with Crippen molar-refractivity contribution in [1.82, 2.24) is 4.90 Å². The fraction of sp³-hybridized carbons (Fsp3) is 0.500. The number of carboxylic acid groups (broad SMARTS) is 1. The van der Waals surface area contributed by atoms with Crippen LogP contribution >= 0.6 is 23.2 Å². The maximum Gasteiger partial charge on any atom is 0.304 e. The zero-order valence-corrected chi connectivity index (χ0v) is 22.5. The van der Waals surface area contributed by atoms with Crippen LogP contribution in [0.1, 0.15) is 77.0 Å². The van der Waals surface area contributed by atoms with Crippen molar-refractivity contribution in [1.29, 1.82) is 0 Å². The molecular formula is C28H35Cl2NO4. The van der Waals surface area contributed by atoms with Gasteiger partial charge in [0.25, 0.3) is 0 Å². The number of hydrogen-bond donors (Lipinski definition) is 2. The van der Waals surface area contributed by atoms with E-state index in [1.165, 1.54) is 0 Å². The summed E-state index contributed by atoms with van der Waals surface area (Å²) < 4.78 is 0. The molecule has 5 atom stereocenters. The Morgan fingerprint density at radius 2 is 1.77 bits per heavy atom. The number of carbonyl (C=O) groups excluding carboxylic acids is 1. The molecule has 1 heterocycles. The molecule has 35 heavy (non-hydrogen) atoms. The Hall–Kier alpha value is -2.08. The summed E-state index contributed by atoms with van der Waals surface area (Å²) in [6.45, 7) is 9.18. The largest absolute Gasteiger partial charge is 0.481 e. The molecule has 2 aromatic rings. The number of nitrogens with zero attached hydrogens (tertiary/aromatic N) is 1. The highest BCUT2D eigenvalue weighted by Crippen LogP contribution is 2.53. The van der Waals surface area contributed by atoms with Crippen molar-refractivity contribution >= 4 is 35.1 Å². The number of carboxylic acids is 1. The van der Waals surface area contributed by atoms with Crippen molar-refractivity contribution in [3.63, 3.8) is 0 Å². The van der Waals surface area contributed by atoms with E-state index in [1.54, 1.807) is 39.0 Å². The summed E-state index contributed by atoms with van der Waals surface area (Å²) in [6, 6.07) is 14.3. The third-order valence-electron chi connectivity index (χ3n) is 7.60. The summed E-state index contributed by atoms with van der Waals surface area (Å²) in [5.74, 6) is -1.70. The van der Waals surface area contributed by atoms with Crippen LogP contribution in [0.5, 0.6) is 0 Å². The van der Waals surface area contributed by atoms with E-state index >= 15 is 0 Å². The lowest BCUT2D eigenvalue weighted by molar-refractivity contribution is -0.164. The van der Waals surface area contributed by atoms with Gasteiger partial charge in [-0.3, -0.25) is 9.59 Å². The van der Waals surface area contributed by atoms with Crippen molar-refractivity contribution in [2.45, 2.75) is 77.5 Å². The van der Waals surface area contributed by atoms with Gasteiger partial charge in [-0.25, -0.2) is 0 Å². The van der Waals surface area contributed by atoms with Crippen LogP contribution in [0, 0.1) is 11.3 Å². The molecule has 0 bridgehead atoms. The van der Waals surface area contributed by atoms with Gasteiger partial charge >= 0.3 is 5.97 Å². The van der Waals surface area contributed by atoms with Gasteiger partial charge in [-0.05, 0) is 62.1 Å². The lowest BCUT2D eigenvalue weighted by atomic mass is 9.66. The molecule has 0 saturated carbocycles. The molecule has 3 rings (SSSR count). The van der Waals surface area contributed by atoms with Crippen molar-refractivity contribution in [3.05, 3.63) is 69.7 Å². The monoisotopic (exact) mass is 519 g/mol. The lowest BCUT2D eigenvalue weighted by Crippen LogP contribution is -2.59. The molecule has 0 radical (unpaired) electrons. The maximum atomic E-state index is 14.2. The number of carbonyl (C=O) groups is 2. The molecule has 1 aliphatic heterocycles. The molecule has 1 aliphatic rings. The molecule has 0 spiro atoms. The number of hydrogen-bond acceptors (Lipinski definition) is 3. The second-order valence-electron chi connectivity index (χ2n) is 10.6. The molecule has 0 aromatic heterocycles. The molecule has 1 amide bonds.